The van der Waals surface area contributed by atoms with Crippen molar-refractivity contribution in [1.29, 1.82) is 0 Å². The van der Waals surface area contributed by atoms with Crippen LogP contribution in [-0.2, 0) is 22.4 Å². The van der Waals surface area contributed by atoms with Crippen LogP contribution in [0.3, 0.4) is 0 Å². The summed E-state index contributed by atoms with van der Waals surface area (Å²) < 4.78 is 0. The Morgan fingerprint density at radius 2 is 2.03 bits per heavy atom. The van der Waals surface area contributed by atoms with Crippen molar-refractivity contribution in [1.82, 2.24) is 29.7 Å². The van der Waals surface area contributed by atoms with E-state index in [1.807, 2.05) is 11.1 Å². The molecule has 2 aromatic heterocycles. The van der Waals surface area contributed by atoms with Crippen LogP contribution < -0.4 is 10.2 Å². The number of hydrogen-bond acceptors (Lipinski definition) is 7. The highest BCUT2D eigenvalue weighted by Gasteiger charge is 2.38. The van der Waals surface area contributed by atoms with Crippen molar-refractivity contribution in [3.63, 3.8) is 0 Å². The summed E-state index contributed by atoms with van der Waals surface area (Å²) in [7, 11) is 1.78. The van der Waals surface area contributed by atoms with E-state index in [4.69, 9.17) is 9.97 Å². The SMILES string of the molecule is CC(C)c1cnc(Nc2nc(N3CCCC3C(=O)N3CCN(C)C(=O)C3)nc3c2CCC3)[nH]1. The van der Waals surface area contributed by atoms with E-state index in [9.17, 15) is 9.59 Å². The molecule has 0 saturated carbocycles. The molecule has 10 heteroatoms. The third-order valence-electron chi connectivity index (χ3n) is 6.94. The molecule has 4 heterocycles. The van der Waals surface area contributed by atoms with Gasteiger partial charge in [-0.1, -0.05) is 13.8 Å². The zero-order valence-corrected chi connectivity index (χ0v) is 19.6. The van der Waals surface area contributed by atoms with Crippen molar-refractivity contribution in [2.75, 3.05) is 43.4 Å². The highest BCUT2D eigenvalue weighted by atomic mass is 16.2. The van der Waals surface area contributed by atoms with Gasteiger partial charge in [-0.05, 0) is 38.0 Å². The van der Waals surface area contributed by atoms with Crippen molar-refractivity contribution in [2.24, 2.45) is 0 Å². The van der Waals surface area contributed by atoms with Crippen LogP contribution in [-0.4, -0.2) is 80.8 Å². The van der Waals surface area contributed by atoms with Gasteiger partial charge in [-0.3, -0.25) is 9.59 Å². The Bertz CT molecular complexity index is 1060. The summed E-state index contributed by atoms with van der Waals surface area (Å²) >= 11 is 0. The first-order valence-electron chi connectivity index (χ1n) is 11.9. The van der Waals surface area contributed by atoms with Gasteiger partial charge < -0.3 is 25.0 Å². The fourth-order valence-electron chi connectivity index (χ4n) is 4.88. The molecule has 2 aromatic rings. The van der Waals surface area contributed by atoms with Crippen LogP contribution >= 0.6 is 0 Å². The van der Waals surface area contributed by atoms with E-state index >= 15 is 0 Å². The molecule has 1 unspecified atom stereocenters. The van der Waals surface area contributed by atoms with E-state index in [2.05, 4.69) is 29.1 Å². The first kappa shape index (κ1) is 21.7. The fraction of sp³-hybridized carbons (Fsp3) is 0.609. The summed E-state index contributed by atoms with van der Waals surface area (Å²) in [6, 6.07) is -0.329. The molecule has 3 aliphatic rings. The molecular formula is C23H32N8O2. The molecule has 1 aliphatic carbocycles. The van der Waals surface area contributed by atoms with Gasteiger partial charge in [-0.25, -0.2) is 9.97 Å². The van der Waals surface area contributed by atoms with Crippen LogP contribution in [0.15, 0.2) is 6.20 Å². The second-order valence-corrected chi connectivity index (χ2v) is 9.54. The molecule has 2 N–H and O–H groups in total. The third-order valence-corrected chi connectivity index (χ3v) is 6.94. The van der Waals surface area contributed by atoms with Gasteiger partial charge in [0, 0.05) is 37.9 Å². The molecule has 0 radical (unpaired) electrons. The van der Waals surface area contributed by atoms with Crippen molar-refractivity contribution in [2.45, 2.75) is 57.9 Å². The lowest BCUT2D eigenvalue weighted by Crippen LogP contribution is -2.55. The van der Waals surface area contributed by atoms with Crippen LogP contribution in [0.4, 0.5) is 17.7 Å². The van der Waals surface area contributed by atoms with Crippen LogP contribution in [0.25, 0.3) is 0 Å². The lowest BCUT2D eigenvalue weighted by Gasteiger charge is -2.35. The van der Waals surface area contributed by atoms with Crippen LogP contribution in [0.2, 0.25) is 0 Å². The van der Waals surface area contributed by atoms with Crippen molar-refractivity contribution in [3.8, 4) is 0 Å². The van der Waals surface area contributed by atoms with Crippen molar-refractivity contribution < 1.29 is 9.59 Å². The lowest BCUT2D eigenvalue weighted by molar-refractivity contribution is -0.144. The van der Waals surface area contributed by atoms with Crippen molar-refractivity contribution in [3.05, 3.63) is 23.1 Å². The Balaban J connectivity index is 1.40. The van der Waals surface area contributed by atoms with Crippen LogP contribution in [0.1, 0.15) is 56.0 Å². The Morgan fingerprint density at radius 1 is 1.18 bits per heavy atom. The molecule has 1 atom stereocenters. The number of piperazine rings is 1. The van der Waals surface area contributed by atoms with E-state index < -0.39 is 0 Å². The van der Waals surface area contributed by atoms with E-state index in [1.54, 1.807) is 16.8 Å². The minimum atomic E-state index is -0.329. The van der Waals surface area contributed by atoms with Gasteiger partial charge >= 0.3 is 0 Å². The summed E-state index contributed by atoms with van der Waals surface area (Å²) in [6.45, 7) is 6.26. The second-order valence-electron chi connectivity index (χ2n) is 9.54. The van der Waals surface area contributed by atoms with Gasteiger partial charge in [0.05, 0.1) is 18.4 Å². The minimum absolute atomic E-state index is 0.000155. The molecular weight excluding hydrogens is 420 g/mol. The number of hydrogen-bond donors (Lipinski definition) is 2. The van der Waals surface area contributed by atoms with Gasteiger partial charge in [-0.15, -0.1) is 0 Å². The van der Waals surface area contributed by atoms with Crippen LogP contribution in [0, 0.1) is 0 Å². The molecule has 2 fully saturated rings. The largest absolute Gasteiger partial charge is 0.342 e. The highest BCUT2D eigenvalue weighted by Crippen LogP contribution is 2.33. The number of nitrogens with one attached hydrogen (secondary N) is 2. The number of anilines is 3. The molecule has 2 amide bonds. The maximum Gasteiger partial charge on any atom is 0.245 e. The number of amides is 2. The van der Waals surface area contributed by atoms with Gasteiger partial charge in [0.15, 0.2) is 0 Å². The molecule has 2 saturated heterocycles. The van der Waals surface area contributed by atoms with E-state index in [1.165, 1.54) is 0 Å². The lowest BCUT2D eigenvalue weighted by atomic mass is 10.1. The number of carbonyl (C=O) groups excluding carboxylic acids is 2. The van der Waals surface area contributed by atoms with Crippen molar-refractivity contribution >= 4 is 29.5 Å². The second kappa shape index (κ2) is 8.64. The molecule has 2 aliphatic heterocycles. The number of H-pyrrole nitrogens is 1. The minimum Gasteiger partial charge on any atom is -0.342 e. The van der Waals surface area contributed by atoms with Gasteiger partial charge in [0.1, 0.15) is 11.9 Å². The maximum atomic E-state index is 13.3. The predicted molar refractivity (Wildman–Crippen MR) is 125 cm³/mol. The molecule has 0 spiro atoms. The Kier molecular flexibility index (Phi) is 5.67. The Labute approximate surface area is 193 Å². The average molecular weight is 453 g/mol. The predicted octanol–water partition coefficient (Wildman–Crippen LogP) is 1.82. The fourth-order valence-corrected chi connectivity index (χ4v) is 4.88. The first-order chi connectivity index (χ1) is 15.9. The maximum absolute atomic E-state index is 13.3. The van der Waals surface area contributed by atoms with E-state index in [-0.39, 0.29) is 24.4 Å². The number of fused-ring (bicyclic) bond motifs is 1. The Morgan fingerprint density at radius 3 is 2.79 bits per heavy atom. The number of carbonyl (C=O) groups is 2. The van der Waals surface area contributed by atoms with Gasteiger partial charge in [-0.2, -0.15) is 4.98 Å². The topological polar surface area (TPSA) is 110 Å². The van der Waals surface area contributed by atoms with Gasteiger partial charge in [0.2, 0.25) is 23.7 Å². The highest BCUT2D eigenvalue weighted by molar-refractivity contribution is 5.90. The molecule has 5 rings (SSSR count). The number of aromatic amines is 1. The number of likely N-dealkylation sites (N-methyl/N-ethyl adjacent to an activating group) is 1. The van der Waals surface area contributed by atoms with E-state index in [0.717, 1.165) is 61.4 Å². The molecule has 33 heavy (non-hydrogen) atoms. The van der Waals surface area contributed by atoms with Gasteiger partial charge in [0.25, 0.3) is 0 Å². The zero-order valence-electron chi connectivity index (χ0n) is 19.6. The number of imidazole rings is 1. The summed E-state index contributed by atoms with van der Waals surface area (Å²) in [4.78, 5) is 48.4. The smallest absolute Gasteiger partial charge is 0.245 e. The summed E-state index contributed by atoms with van der Waals surface area (Å²) in [6.07, 6.45) is 6.39. The first-order valence-corrected chi connectivity index (χ1v) is 11.9. The number of nitrogens with zero attached hydrogens (tertiary/aromatic N) is 6. The van der Waals surface area contributed by atoms with Crippen LogP contribution in [0.5, 0.6) is 0 Å². The standard InChI is InChI=1S/C23H32N8O2/c1-14(2)17-12-24-22(25-17)27-20-15-6-4-7-16(15)26-23(28-20)31-9-5-8-18(31)21(33)30-11-10-29(3)19(32)13-30/h12,14,18H,4-11,13H2,1-3H3,(H2,24,25,26,27,28). The summed E-state index contributed by atoms with van der Waals surface area (Å²) in [5, 5.41) is 3.37. The third kappa shape index (κ3) is 4.14. The molecule has 176 valence electrons. The quantitative estimate of drug-likeness (QED) is 0.712. The normalized spacial score (nSPS) is 20.7. The van der Waals surface area contributed by atoms with E-state index in [0.29, 0.717) is 30.9 Å². The zero-order chi connectivity index (χ0) is 23.1. The average Bonchev–Trinajstić information content (AvgIpc) is 3.55. The Hall–Kier alpha value is -3.17. The number of aryl methyl sites for hydroxylation is 1. The number of rotatable bonds is 5. The molecule has 0 bridgehead atoms. The molecule has 10 nitrogen and oxygen atoms in total. The summed E-state index contributed by atoms with van der Waals surface area (Å²) in [5.74, 6) is 2.37. The summed E-state index contributed by atoms with van der Waals surface area (Å²) in [5.41, 5.74) is 3.24. The molecule has 0 aromatic carbocycles. The monoisotopic (exact) mass is 452 g/mol. The number of aromatic nitrogens is 4.